The Morgan fingerprint density at radius 2 is 2.03 bits per heavy atom. The fraction of sp³-hybridized carbons (Fsp3) is 0.643. The highest BCUT2D eigenvalue weighted by molar-refractivity contribution is 5.42. The molecule has 0 amide bonds. The topological polar surface area (TPSA) is 42.2 Å². The average molecular weight is 406 g/mol. The van der Waals surface area contributed by atoms with Crippen LogP contribution in [0.2, 0.25) is 0 Å². The Kier molecular flexibility index (Phi) is 6.16. The van der Waals surface area contributed by atoms with Gasteiger partial charge in [-0.2, -0.15) is 0 Å². The van der Waals surface area contributed by atoms with E-state index in [0.717, 1.165) is 37.8 Å². The zero-order chi connectivity index (χ0) is 21.4. The molecule has 3 saturated carbocycles. The molecule has 0 aromatic carbocycles. The Morgan fingerprint density at radius 3 is 2.77 bits per heavy atom. The van der Waals surface area contributed by atoms with E-state index in [0.29, 0.717) is 11.5 Å². The van der Waals surface area contributed by atoms with Gasteiger partial charge < -0.3 is 10.4 Å². The van der Waals surface area contributed by atoms with Crippen LogP contribution in [0.4, 0.5) is 0 Å². The van der Waals surface area contributed by atoms with Crippen molar-refractivity contribution in [3.63, 3.8) is 0 Å². The molecule has 1 aliphatic heterocycles. The number of hydrogen-bond acceptors (Lipinski definition) is 2. The predicted molar refractivity (Wildman–Crippen MR) is 126 cm³/mol. The lowest BCUT2D eigenvalue weighted by Gasteiger charge is -2.39. The third-order valence-corrected chi connectivity index (χ3v) is 8.50. The van der Waals surface area contributed by atoms with Crippen LogP contribution in [0.3, 0.4) is 0 Å². The Bertz CT molecular complexity index is 857. The third kappa shape index (κ3) is 4.12. The van der Waals surface area contributed by atoms with E-state index in [1.807, 2.05) is 0 Å². The lowest BCUT2D eigenvalue weighted by atomic mass is 9.65. The summed E-state index contributed by atoms with van der Waals surface area (Å²) in [7, 11) is 0. The highest BCUT2D eigenvalue weighted by Crippen LogP contribution is 2.58. The second-order valence-electron chi connectivity index (χ2n) is 10.3. The SMILES string of the molecule is C=C1/C(=C\C=C2/CCC[C@]3(C)/C(=C(\C)C#CCC4(CC)CN4)CCC23)CCC[C@@H]1O. The van der Waals surface area contributed by atoms with Crippen LogP contribution in [-0.4, -0.2) is 23.3 Å². The molecule has 0 radical (unpaired) electrons. The Labute approximate surface area is 183 Å². The summed E-state index contributed by atoms with van der Waals surface area (Å²) in [5.74, 6) is 7.67. The van der Waals surface area contributed by atoms with Gasteiger partial charge in [-0.25, -0.2) is 0 Å². The van der Waals surface area contributed by atoms with Gasteiger partial charge in [0.1, 0.15) is 0 Å². The van der Waals surface area contributed by atoms with E-state index in [9.17, 15) is 5.11 Å². The molecule has 2 N–H and O–H groups in total. The number of fused-ring (bicyclic) bond motifs is 1. The zero-order valence-electron chi connectivity index (χ0n) is 19.2. The van der Waals surface area contributed by atoms with Crippen molar-refractivity contribution >= 4 is 0 Å². The van der Waals surface area contributed by atoms with Gasteiger partial charge in [0.2, 0.25) is 0 Å². The van der Waals surface area contributed by atoms with Crippen LogP contribution in [0, 0.1) is 23.2 Å². The highest BCUT2D eigenvalue weighted by Gasteiger charge is 2.46. The normalized spacial score (nSPS) is 40.2. The second-order valence-corrected chi connectivity index (χ2v) is 10.3. The number of nitrogens with one attached hydrogen (secondary N) is 1. The summed E-state index contributed by atoms with van der Waals surface area (Å²) in [6.45, 7) is 12.3. The maximum Gasteiger partial charge on any atom is 0.0787 e. The fourth-order valence-corrected chi connectivity index (χ4v) is 6.15. The van der Waals surface area contributed by atoms with Crippen LogP contribution in [0.25, 0.3) is 0 Å². The van der Waals surface area contributed by atoms with Crippen molar-refractivity contribution < 1.29 is 5.11 Å². The Hall–Kier alpha value is -1.56. The summed E-state index contributed by atoms with van der Waals surface area (Å²) < 4.78 is 0. The Morgan fingerprint density at radius 1 is 1.23 bits per heavy atom. The quantitative estimate of drug-likeness (QED) is 0.446. The Balaban J connectivity index is 1.53. The molecule has 0 aromatic rings. The molecular formula is C28H39NO. The van der Waals surface area contributed by atoms with Gasteiger partial charge in [0.25, 0.3) is 0 Å². The van der Waals surface area contributed by atoms with Crippen molar-refractivity contribution in [3.05, 3.63) is 46.6 Å². The van der Waals surface area contributed by atoms with Crippen molar-refractivity contribution in [2.45, 2.75) is 96.6 Å². The van der Waals surface area contributed by atoms with Gasteiger partial charge in [0, 0.05) is 18.5 Å². The van der Waals surface area contributed by atoms with Crippen LogP contribution in [-0.2, 0) is 0 Å². The molecule has 30 heavy (non-hydrogen) atoms. The van der Waals surface area contributed by atoms with Gasteiger partial charge in [-0.1, -0.05) is 55.6 Å². The van der Waals surface area contributed by atoms with Crippen LogP contribution in [0.15, 0.2) is 46.6 Å². The van der Waals surface area contributed by atoms with Gasteiger partial charge in [-0.3, -0.25) is 0 Å². The minimum absolute atomic E-state index is 0.269. The molecule has 2 nitrogen and oxygen atoms in total. The first-order chi connectivity index (χ1) is 14.4. The largest absolute Gasteiger partial charge is 0.388 e. The number of rotatable bonds is 3. The summed E-state index contributed by atoms with van der Waals surface area (Å²) in [6, 6.07) is 0. The van der Waals surface area contributed by atoms with E-state index in [2.05, 4.69) is 56.7 Å². The smallest absolute Gasteiger partial charge is 0.0787 e. The molecule has 0 aromatic heterocycles. The van der Waals surface area contributed by atoms with Crippen LogP contribution in [0.1, 0.15) is 85.0 Å². The van der Waals surface area contributed by atoms with Gasteiger partial charge in [0.05, 0.1) is 6.10 Å². The van der Waals surface area contributed by atoms with E-state index in [-0.39, 0.29) is 11.5 Å². The monoisotopic (exact) mass is 405 g/mol. The number of aliphatic hydroxyl groups is 1. The summed E-state index contributed by atoms with van der Waals surface area (Å²) >= 11 is 0. The molecule has 4 aliphatic rings. The second kappa shape index (κ2) is 8.52. The van der Waals surface area contributed by atoms with Crippen molar-refractivity contribution in [2.75, 3.05) is 6.54 Å². The van der Waals surface area contributed by atoms with Crippen molar-refractivity contribution in [3.8, 4) is 11.8 Å². The first-order valence-corrected chi connectivity index (χ1v) is 12.1. The number of hydrogen-bond donors (Lipinski definition) is 2. The maximum absolute atomic E-state index is 10.1. The molecule has 0 bridgehead atoms. The van der Waals surface area contributed by atoms with Gasteiger partial charge >= 0.3 is 0 Å². The molecule has 0 spiro atoms. The first-order valence-electron chi connectivity index (χ1n) is 12.1. The van der Waals surface area contributed by atoms with E-state index < -0.39 is 0 Å². The molecular weight excluding hydrogens is 366 g/mol. The summed E-state index contributed by atoms with van der Waals surface area (Å²) in [5, 5.41) is 13.6. The molecule has 4 rings (SSSR count). The van der Waals surface area contributed by atoms with E-state index >= 15 is 0 Å². The number of allylic oxidation sites excluding steroid dienone is 5. The van der Waals surface area contributed by atoms with Gasteiger partial charge in [0.15, 0.2) is 0 Å². The van der Waals surface area contributed by atoms with Crippen molar-refractivity contribution in [2.24, 2.45) is 11.3 Å². The summed E-state index contributed by atoms with van der Waals surface area (Å²) in [4.78, 5) is 0. The lowest BCUT2D eigenvalue weighted by molar-refractivity contribution is 0.191. The number of aliphatic hydroxyl groups excluding tert-OH is 1. The van der Waals surface area contributed by atoms with Crippen LogP contribution in [0.5, 0.6) is 0 Å². The van der Waals surface area contributed by atoms with E-state index in [1.165, 1.54) is 49.7 Å². The molecule has 4 atom stereocenters. The van der Waals surface area contributed by atoms with Crippen molar-refractivity contribution in [1.82, 2.24) is 5.32 Å². The molecule has 1 heterocycles. The van der Waals surface area contributed by atoms with E-state index in [4.69, 9.17) is 0 Å². The molecule has 1 saturated heterocycles. The molecule has 2 unspecified atom stereocenters. The predicted octanol–water partition coefficient (Wildman–Crippen LogP) is 6.00. The third-order valence-electron chi connectivity index (χ3n) is 8.50. The first kappa shape index (κ1) is 21.7. The molecule has 2 heteroatoms. The van der Waals surface area contributed by atoms with Crippen LogP contribution < -0.4 is 5.32 Å². The minimum Gasteiger partial charge on any atom is -0.388 e. The minimum atomic E-state index is -0.347. The zero-order valence-corrected chi connectivity index (χ0v) is 19.2. The molecule has 162 valence electrons. The summed E-state index contributed by atoms with van der Waals surface area (Å²) in [5.41, 5.74) is 7.32. The van der Waals surface area contributed by atoms with Crippen LogP contribution >= 0.6 is 0 Å². The highest BCUT2D eigenvalue weighted by atomic mass is 16.3. The maximum atomic E-state index is 10.1. The molecule has 3 aliphatic carbocycles. The lowest BCUT2D eigenvalue weighted by Crippen LogP contribution is -2.29. The molecule has 4 fully saturated rings. The summed E-state index contributed by atoms with van der Waals surface area (Å²) in [6.07, 6.45) is 15.6. The standard InChI is InChI=1S/C28H39NO/c1-5-28(19-29-28)18-7-9-20(2)24-15-16-25-23(11-8-17-27(24,25)4)14-13-22-10-6-12-26(30)21(22)3/h13-14,25-26,29-30H,3,5-6,8,10-12,15-19H2,1-2,4H3/b22-13-,23-14+,24-20+/t25?,26-,27+,28?/m0/s1. The van der Waals surface area contributed by atoms with Gasteiger partial charge in [-0.15, -0.1) is 0 Å². The van der Waals surface area contributed by atoms with Gasteiger partial charge in [-0.05, 0) is 92.8 Å². The van der Waals surface area contributed by atoms with E-state index in [1.54, 1.807) is 11.1 Å². The fourth-order valence-electron chi connectivity index (χ4n) is 6.15. The average Bonchev–Trinajstić information content (AvgIpc) is 3.42. The van der Waals surface area contributed by atoms with Crippen molar-refractivity contribution in [1.29, 1.82) is 0 Å².